The van der Waals surface area contributed by atoms with Crippen LogP contribution in [0.4, 0.5) is 48.3 Å². The van der Waals surface area contributed by atoms with E-state index in [1.807, 2.05) is 0 Å². The summed E-state index contributed by atoms with van der Waals surface area (Å²) in [6.07, 6.45) is -4.20. The van der Waals surface area contributed by atoms with Crippen molar-refractivity contribution < 1.29 is 53.0 Å². The fourth-order valence-electron chi connectivity index (χ4n) is 4.66. The summed E-state index contributed by atoms with van der Waals surface area (Å²) < 4.78 is 164. The number of aryl methyl sites for hydroxylation is 1. The first-order valence-electron chi connectivity index (χ1n) is 12.2. The van der Waals surface area contributed by atoms with Gasteiger partial charge in [-0.2, -0.15) is 8.78 Å². The second kappa shape index (κ2) is 10.5. The molecule has 0 N–H and O–H groups in total. The van der Waals surface area contributed by atoms with Crippen LogP contribution in [0, 0.1) is 52.4 Å². The van der Waals surface area contributed by atoms with Crippen molar-refractivity contribution in [2.24, 2.45) is 0 Å². The van der Waals surface area contributed by atoms with Crippen molar-refractivity contribution in [1.29, 1.82) is 0 Å². The van der Waals surface area contributed by atoms with Crippen LogP contribution in [0.5, 0.6) is 5.75 Å². The Labute approximate surface area is 229 Å². The van der Waals surface area contributed by atoms with E-state index in [4.69, 9.17) is 0 Å². The Morgan fingerprint density at radius 2 is 1.29 bits per heavy atom. The van der Waals surface area contributed by atoms with E-state index in [-0.39, 0.29) is 12.0 Å². The molecular formula is C30H15F11O. The Hall–Kier alpha value is -4.35. The van der Waals surface area contributed by atoms with Gasteiger partial charge < -0.3 is 4.74 Å². The van der Waals surface area contributed by atoms with Gasteiger partial charge in [0.15, 0.2) is 52.3 Å². The van der Waals surface area contributed by atoms with Gasteiger partial charge in [0.05, 0.1) is 10.8 Å². The maximum atomic E-state index is 15.2. The highest BCUT2D eigenvalue weighted by Crippen LogP contribution is 2.40. The van der Waals surface area contributed by atoms with Crippen LogP contribution in [0.1, 0.15) is 24.5 Å². The van der Waals surface area contributed by atoms with Crippen molar-refractivity contribution in [3.63, 3.8) is 0 Å². The Morgan fingerprint density at radius 3 is 1.98 bits per heavy atom. The van der Waals surface area contributed by atoms with E-state index < -0.39 is 102 Å². The zero-order chi connectivity index (χ0) is 30.7. The van der Waals surface area contributed by atoms with E-state index in [0.717, 1.165) is 24.3 Å². The topological polar surface area (TPSA) is 9.23 Å². The van der Waals surface area contributed by atoms with Gasteiger partial charge in [0.2, 0.25) is 0 Å². The summed E-state index contributed by atoms with van der Waals surface area (Å²) in [4.78, 5) is 0. The fourth-order valence-corrected chi connectivity index (χ4v) is 4.66. The largest absolute Gasteiger partial charge is 0.429 e. The molecule has 0 aliphatic rings. The first-order chi connectivity index (χ1) is 19.8. The molecule has 0 aliphatic heterocycles. The normalized spacial score (nSPS) is 12.0. The summed E-state index contributed by atoms with van der Waals surface area (Å²) in [5.74, 6) is -17.3. The summed E-state index contributed by atoms with van der Waals surface area (Å²) in [6, 6.07) is 5.49. The quantitative estimate of drug-likeness (QED) is 0.139. The molecule has 5 rings (SSSR count). The van der Waals surface area contributed by atoms with Crippen LogP contribution in [0.25, 0.3) is 32.7 Å². The third-order valence-corrected chi connectivity index (χ3v) is 6.66. The molecule has 0 unspecified atom stereocenters. The number of alkyl halides is 2. The van der Waals surface area contributed by atoms with Crippen molar-refractivity contribution >= 4 is 21.5 Å². The number of benzene rings is 5. The standard InChI is InChI=1S/C30H15F11O/c1-2-3-12-4-6-17(25(35)23(12)33)30(40,41)42-20-7-5-13-9-16(24(34)29(39)22(13)27(20)37)14-8-15-11-19(32)26(36)28(38)21(15)18(31)10-14/h4-11H,2-3H2,1H3. The first kappa shape index (κ1) is 29.2. The molecule has 0 saturated carbocycles. The number of hydrogen-bond acceptors (Lipinski definition) is 1. The van der Waals surface area contributed by atoms with E-state index in [1.165, 1.54) is 0 Å². The van der Waals surface area contributed by atoms with Gasteiger partial charge in [0.1, 0.15) is 11.4 Å². The van der Waals surface area contributed by atoms with Gasteiger partial charge in [0.25, 0.3) is 0 Å². The molecule has 218 valence electrons. The van der Waals surface area contributed by atoms with E-state index in [0.29, 0.717) is 30.7 Å². The van der Waals surface area contributed by atoms with E-state index in [2.05, 4.69) is 4.74 Å². The summed E-state index contributed by atoms with van der Waals surface area (Å²) in [6.45, 7) is 1.65. The van der Waals surface area contributed by atoms with Crippen LogP contribution in [0.15, 0.2) is 48.5 Å². The van der Waals surface area contributed by atoms with Crippen molar-refractivity contribution in [1.82, 2.24) is 0 Å². The van der Waals surface area contributed by atoms with Crippen molar-refractivity contribution in [3.05, 3.63) is 112 Å². The highest BCUT2D eigenvalue weighted by molar-refractivity contribution is 5.93. The van der Waals surface area contributed by atoms with E-state index in [1.54, 1.807) is 6.92 Å². The minimum atomic E-state index is -4.65. The smallest absolute Gasteiger partial charge is 0.426 e. The predicted molar refractivity (Wildman–Crippen MR) is 131 cm³/mol. The molecule has 0 fully saturated rings. The minimum Gasteiger partial charge on any atom is -0.426 e. The van der Waals surface area contributed by atoms with Crippen LogP contribution in [-0.4, -0.2) is 0 Å². The summed E-state index contributed by atoms with van der Waals surface area (Å²) in [5, 5.41) is -3.10. The highest BCUT2D eigenvalue weighted by atomic mass is 19.3. The third kappa shape index (κ3) is 4.68. The van der Waals surface area contributed by atoms with E-state index >= 15 is 13.2 Å². The Morgan fingerprint density at radius 1 is 0.595 bits per heavy atom. The molecule has 12 heteroatoms. The van der Waals surface area contributed by atoms with Crippen LogP contribution in [-0.2, 0) is 12.5 Å². The predicted octanol–water partition coefficient (Wildman–Crippen LogP) is 9.99. The summed E-state index contributed by atoms with van der Waals surface area (Å²) in [7, 11) is 0. The van der Waals surface area contributed by atoms with Gasteiger partial charge in [-0.3, -0.25) is 0 Å². The number of rotatable bonds is 6. The molecular weight excluding hydrogens is 585 g/mol. The molecule has 0 radical (unpaired) electrons. The SMILES string of the molecule is CCCc1ccc(C(F)(F)Oc2ccc3cc(-c4cc(F)c5c(F)c(F)c(F)cc5c4)c(F)c(F)c3c2F)c(F)c1F. The van der Waals surface area contributed by atoms with Gasteiger partial charge in [-0.05, 0) is 64.7 Å². The number of hydrogen-bond donors (Lipinski definition) is 0. The zero-order valence-electron chi connectivity index (χ0n) is 21.1. The molecule has 0 saturated heterocycles. The van der Waals surface area contributed by atoms with Gasteiger partial charge in [0, 0.05) is 5.56 Å². The third-order valence-electron chi connectivity index (χ3n) is 6.66. The van der Waals surface area contributed by atoms with Crippen LogP contribution < -0.4 is 4.74 Å². The molecule has 0 bridgehead atoms. The number of halogens is 11. The second-order valence-electron chi connectivity index (χ2n) is 9.34. The Bertz CT molecular complexity index is 1900. The number of fused-ring (bicyclic) bond motifs is 2. The molecule has 1 nitrogen and oxygen atoms in total. The van der Waals surface area contributed by atoms with Crippen LogP contribution >= 0.6 is 0 Å². The van der Waals surface area contributed by atoms with Crippen molar-refractivity contribution in [3.8, 4) is 16.9 Å². The minimum absolute atomic E-state index is 0.0553. The molecule has 42 heavy (non-hydrogen) atoms. The molecule has 0 atom stereocenters. The molecule has 0 aromatic heterocycles. The van der Waals surface area contributed by atoms with Gasteiger partial charge in [-0.1, -0.05) is 25.5 Å². The Balaban J connectivity index is 1.59. The van der Waals surface area contributed by atoms with Crippen LogP contribution in [0.3, 0.4) is 0 Å². The maximum absolute atomic E-state index is 15.2. The lowest BCUT2D eigenvalue weighted by Crippen LogP contribution is -2.25. The molecule has 0 spiro atoms. The second-order valence-corrected chi connectivity index (χ2v) is 9.34. The lowest BCUT2D eigenvalue weighted by atomic mass is 9.96. The Kier molecular flexibility index (Phi) is 7.28. The van der Waals surface area contributed by atoms with E-state index in [9.17, 15) is 35.1 Å². The highest BCUT2D eigenvalue weighted by Gasteiger charge is 2.40. The molecule has 0 heterocycles. The molecule has 5 aromatic rings. The fraction of sp³-hybridized carbons (Fsp3) is 0.133. The maximum Gasteiger partial charge on any atom is 0.429 e. The van der Waals surface area contributed by atoms with Crippen molar-refractivity contribution in [2.45, 2.75) is 25.9 Å². The first-order valence-corrected chi connectivity index (χ1v) is 12.2. The summed E-state index contributed by atoms with van der Waals surface area (Å²) in [5.41, 5.74) is -2.92. The van der Waals surface area contributed by atoms with Crippen LogP contribution in [0.2, 0.25) is 0 Å². The lowest BCUT2D eigenvalue weighted by Gasteiger charge is -2.20. The van der Waals surface area contributed by atoms with Crippen molar-refractivity contribution in [2.75, 3.05) is 0 Å². The monoisotopic (exact) mass is 600 g/mol. The summed E-state index contributed by atoms with van der Waals surface area (Å²) >= 11 is 0. The molecule has 5 aromatic carbocycles. The molecule has 0 aliphatic carbocycles. The molecule has 0 amide bonds. The van der Waals surface area contributed by atoms with Gasteiger partial charge in [-0.15, -0.1) is 0 Å². The zero-order valence-corrected chi connectivity index (χ0v) is 21.1. The van der Waals surface area contributed by atoms with Gasteiger partial charge in [-0.25, -0.2) is 39.5 Å². The van der Waals surface area contributed by atoms with Gasteiger partial charge >= 0.3 is 6.11 Å². The number of ether oxygens (including phenoxy) is 1. The lowest BCUT2D eigenvalue weighted by molar-refractivity contribution is -0.189. The average molecular weight is 600 g/mol. The average Bonchev–Trinajstić information content (AvgIpc) is 2.92.